The maximum Gasteiger partial charge on any atom is 0.254 e. The number of carbonyl (C=O) groups is 2. The fourth-order valence-corrected chi connectivity index (χ4v) is 4.81. The second-order valence-electron chi connectivity index (χ2n) is 8.49. The Labute approximate surface area is 178 Å². The molecule has 2 amide bonds. The second kappa shape index (κ2) is 8.96. The zero-order valence-electron chi connectivity index (χ0n) is 17.4. The Balaban J connectivity index is 1.58. The highest BCUT2D eigenvalue weighted by atomic mass is 16.2. The van der Waals surface area contributed by atoms with Crippen LogP contribution in [0, 0.1) is 0 Å². The predicted molar refractivity (Wildman–Crippen MR) is 116 cm³/mol. The smallest absolute Gasteiger partial charge is 0.254 e. The van der Waals surface area contributed by atoms with Gasteiger partial charge in [0.2, 0.25) is 5.91 Å². The van der Waals surface area contributed by atoms with Crippen molar-refractivity contribution >= 4 is 11.8 Å². The lowest BCUT2D eigenvalue weighted by molar-refractivity contribution is -0.125. The number of carbonyl (C=O) groups excluding carboxylic acids is 2. The molecule has 0 saturated carbocycles. The molecule has 3 heterocycles. The van der Waals surface area contributed by atoms with Gasteiger partial charge in [-0.3, -0.25) is 19.5 Å². The van der Waals surface area contributed by atoms with Gasteiger partial charge in [0, 0.05) is 31.4 Å². The number of rotatable bonds is 5. The van der Waals surface area contributed by atoms with Crippen LogP contribution < -0.4 is 5.73 Å². The van der Waals surface area contributed by atoms with Gasteiger partial charge in [-0.15, -0.1) is 0 Å². The summed E-state index contributed by atoms with van der Waals surface area (Å²) in [5.41, 5.74) is 7.36. The minimum absolute atomic E-state index is 0.0242. The zero-order valence-corrected chi connectivity index (χ0v) is 17.4. The highest BCUT2D eigenvalue weighted by Crippen LogP contribution is 2.33. The number of aromatic nitrogens is 1. The van der Waals surface area contributed by atoms with Crippen LogP contribution in [-0.2, 0) is 16.8 Å². The number of benzene rings is 1. The van der Waals surface area contributed by atoms with E-state index in [1.807, 2.05) is 42.5 Å². The normalized spacial score (nSPS) is 22.6. The van der Waals surface area contributed by atoms with Crippen molar-refractivity contribution in [1.82, 2.24) is 14.8 Å². The van der Waals surface area contributed by atoms with Crippen molar-refractivity contribution in [2.75, 3.05) is 26.2 Å². The van der Waals surface area contributed by atoms with Crippen LogP contribution in [0.5, 0.6) is 0 Å². The van der Waals surface area contributed by atoms with Crippen LogP contribution in [0.2, 0.25) is 0 Å². The Hall–Kier alpha value is -2.73. The van der Waals surface area contributed by atoms with Crippen molar-refractivity contribution in [2.24, 2.45) is 5.73 Å². The topological polar surface area (TPSA) is 79.5 Å². The molecule has 2 N–H and O–H groups in total. The highest BCUT2D eigenvalue weighted by Gasteiger charge is 2.45. The van der Waals surface area contributed by atoms with Crippen molar-refractivity contribution in [1.29, 1.82) is 0 Å². The summed E-state index contributed by atoms with van der Waals surface area (Å²) in [5, 5.41) is 0. The Morgan fingerprint density at radius 3 is 2.47 bits per heavy atom. The fourth-order valence-electron chi connectivity index (χ4n) is 4.81. The summed E-state index contributed by atoms with van der Waals surface area (Å²) in [6.07, 6.45) is 6.72. The first-order valence-electron chi connectivity index (χ1n) is 10.9. The average Bonchev–Trinajstić information content (AvgIpc) is 2.80. The number of hydrogen-bond donors (Lipinski definition) is 1. The average molecular weight is 407 g/mol. The molecular weight excluding hydrogens is 376 g/mol. The summed E-state index contributed by atoms with van der Waals surface area (Å²) in [6, 6.07) is 13.4. The van der Waals surface area contributed by atoms with Crippen LogP contribution in [0.1, 0.15) is 53.7 Å². The quantitative estimate of drug-likeness (QED) is 0.828. The van der Waals surface area contributed by atoms with E-state index in [1.54, 1.807) is 11.1 Å². The second-order valence-corrected chi connectivity index (χ2v) is 8.49. The molecule has 2 aliphatic rings. The number of nitrogens with zero attached hydrogens (tertiary/aromatic N) is 3. The van der Waals surface area contributed by atoms with Crippen molar-refractivity contribution in [3.05, 3.63) is 65.5 Å². The van der Waals surface area contributed by atoms with E-state index in [2.05, 4.69) is 9.88 Å². The summed E-state index contributed by atoms with van der Waals surface area (Å²) in [6.45, 7) is 3.85. The lowest BCUT2D eigenvalue weighted by Gasteiger charge is -2.40. The van der Waals surface area contributed by atoms with Gasteiger partial charge in [0.05, 0.1) is 5.69 Å². The number of likely N-dealkylation sites (tertiary alicyclic amines) is 2. The largest absolute Gasteiger partial charge is 0.369 e. The third-order valence-corrected chi connectivity index (χ3v) is 6.50. The fraction of sp³-hybridized carbons (Fsp3) is 0.458. The summed E-state index contributed by atoms with van der Waals surface area (Å²) in [4.78, 5) is 34.7. The van der Waals surface area contributed by atoms with Gasteiger partial charge in [-0.1, -0.05) is 30.7 Å². The molecular formula is C24H30N4O2. The molecule has 30 heavy (non-hydrogen) atoms. The lowest BCUT2D eigenvalue weighted by atomic mass is 9.75. The molecule has 0 bridgehead atoms. The van der Waals surface area contributed by atoms with Crippen molar-refractivity contribution in [2.45, 2.75) is 44.1 Å². The number of amides is 2. The van der Waals surface area contributed by atoms with Gasteiger partial charge in [0.1, 0.15) is 5.41 Å². The molecule has 2 aromatic rings. The van der Waals surface area contributed by atoms with Crippen LogP contribution in [0.3, 0.4) is 0 Å². The molecule has 0 spiro atoms. The van der Waals surface area contributed by atoms with Crippen molar-refractivity contribution in [3.63, 3.8) is 0 Å². The predicted octanol–water partition coefficient (Wildman–Crippen LogP) is 2.73. The number of hydrogen-bond acceptors (Lipinski definition) is 4. The summed E-state index contributed by atoms with van der Waals surface area (Å²) in [7, 11) is 0. The Morgan fingerprint density at radius 1 is 0.967 bits per heavy atom. The molecule has 6 nitrogen and oxygen atoms in total. The van der Waals surface area contributed by atoms with E-state index in [0.29, 0.717) is 18.7 Å². The van der Waals surface area contributed by atoms with Gasteiger partial charge in [-0.25, -0.2) is 0 Å². The van der Waals surface area contributed by atoms with E-state index in [-0.39, 0.29) is 12.5 Å². The highest BCUT2D eigenvalue weighted by molar-refractivity contribution is 5.97. The number of nitrogens with two attached hydrogens (primary N) is 1. The number of piperidine rings is 2. The first-order chi connectivity index (χ1) is 14.6. The molecule has 0 unspecified atom stereocenters. The van der Waals surface area contributed by atoms with Gasteiger partial charge >= 0.3 is 0 Å². The minimum atomic E-state index is -0.934. The molecule has 0 radical (unpaired) electrons. The molecule has 2 saturated heterocycles. The van der Waals surface area contributed by atoms with Gasteiger partial charge in [-0.2, -0.15) is 0 Å². The van der Waals surface area contributed by atoms with Crippen LogP contribution in [0.4, 0.5) is 0 Å². The van der Waals surface area contributed by atoms with E-state index >= 15 is 0 Å². The molecule has 1 aromatic heterocycles. The molecule has 2 fully saturated rings. The van der Waals surface area contributed by atoms with Gasteiger partial charge in [-0.05, 0) is 62.5 Å². The van der Waals surface area contributed by atoms with Crippen LogP contribution >= 0.6 is 0 Å². The molecule has 4 rings (SSSR count). The van der Waals surface area contributed by atoms with Gasteiger partial charge in [0.15, 0.2) is 0 Å². The minimum Gasteiger partial charge on any atom is -0.369 e. The van der Waals surface area contributed by atoms with E-state index in [4.69, 9.17) is 5.73 Å². The third kappa shape index (κ3) is 4.10. The standard InChI is InChI=1S/C24H30N4O2/c25-23(30)24(21-11-4-5-13-26-21)12-8-16-28(18-24)22(29)20-10-3-2-9-19(20)17-27-14-6-1-7-15-27/h2-5,9-11,13H,1,6-8,12,14-18H2,(H2,25,30)/t24-/m0/s1. The zero-order chi connectivity index (χ0) is 21.0. The third-order valence-electron chi connectivity index (χ3n) is 6.50. The SMILES string of the molecule is NC(=O)[C@@]1(c2ccccn2)CCCN(C(=O)c2ccccc2CN2CCCCC2)C1. The Morgan fingerprint density at radius 2 is 1.73 bits per heavy atom. The molecule has 1 atom stereocenters. The Kier molecular flexibility index (Phi) is 6.13. The number of pyridine rings is 1. The molecule has 0 aliphatic carbocycles. The van der Waals surface area contributed by atoms with Crippen LogP contribution in [0.25, 0.3) is 0 Å². The summed E-state index contributed by atoms with van der Waals surface area (Å²) >= 11 is 0. The summed E-state index contributed by atoms with van der Waals surface area (Å²) < 4.78 is 0. The van der Waals surface area contributed by atoms with Crippen LogP contribution in [0.15, 0.2) is 48.7 Å². The molecule has 6 heteroatoms. The first-order valence-corrected chi connectivity index (χ1v) is 10.9. The first kappa shape index (κ1) is 20.5. The molecule has 1 aromatic carbocycles. The van der Waals surface area contributed by atoms with E-state index < -0.39 is 11.3 Å². The van der Waals surface area contributed by atoms with Crippen molar-refractivity contribution in [3.8, 4) is 0 Å². The van der Waals surface area contributed by atoms with Crippen molar-refractivity contribution < 1.29 is 9.59 Å². The Bertz CT molecular complexity index is 895. The monoisotopic (exact) mass is 406 g/mol. The van der Waals surface area contributed by atoms with Gasteiger partial charge in [0.25, 0.3) is 5.91 Å². The van der Waals surface area contributed by atoms with Crippen LogP contribution in [-0.4, -0.2) is 52.8 Å². The molecule has 2 aliphatic heterocycles. The van der Waals surface area contributed by atoms with E-state index in [9.17, 15) is 9.59 Å². The van der Waals surface area contributed by atoms with Gasteiger partial charge < -0.3 is 10.6 Å². The summed E-state index contributed by atoms with van der Waals surface area (Å²) in [5.74, 6) is -0.441. The lowest BCUT2D eigenvalue weighted by Crippen LogP contribution is -2.55. The molecule has 158 valence electrons. The maximum atomic E-state index is 13.5. The van der Waals surface area contributed by atoms with E-state index in [0.717, 1.165) is 37.2 Å². The van der Waals surface area contributed by atoms with E-state index in [1.165, 1.54) is 19.3 Å². The number of primary amides is 1. The maximum absolute atomic E-state index is 13.5.